The zero-order valence-corrected chi connectivity index (χ0v) is 17.1. The lowest BCUT2D eigenvalue weighted by Crippen LogP contribution is -1.83. The molecule has 0 heteroatoms. The van der Waals surface area contributed by atoms with Crippen LogP contribution in [0.3, 0.4) is 0 Å². The topological polar surface area (TPSA) is 0 Å². The molecule has 4 aromatic rings. The van der Waals surface area contributed by atoms with Gasteiger partial charge in [0.2, 0.25) is 0 Å². The summed E-state index contributed by atoms with van der Waals surface area (Å²) >= 11 is 0. The van der Waals surface area contributed by atoms with E-state index in [2.05, 4.69) is 123 Å². The Kier molecular flexibility index (Phi) is 5.72. The Hall–Kier alpha value is -3.38. The highest BCUT2D eigenvalue weighted by atomic mass is 14.0. The first-order valence-electron chi connectivity index (χ1n) is 10.2. The van der Waals surface area contributed by atoms with Gasteiger partial charge in [-0.1, -0.05) is 120 Å². The molecule has 29 heavy (non-hydrogen) atoms. The van der Waals surface area contributed by atoms with Crippen LogP contribution in [0.15, 0.2) is 103 Å². The summed E-state index contributed by atoms with van der Waals surface area (Å²) in [4.78, 5) is 0. The van der Waals surface area contributed by atoms with Gasteiger partial charge in [0.1, 0.15) is 0 Å². The van der Waals surface area contributed by atoms with Crippen LogP contribution in [0.4, 0.5) is 0 Å². The minimum absolute atomic E-state index is 0.938. The number of allylic oxidation sites excluding steroid dienone is 1. The van der Waals surface area contributed by atoms with Gasteiger partial charge >= 0.3 is 0 Å². The van der Waals surface area contributed by atoms with Gasteiger partial charge in [0.25, 0.3) is 0 Å². The van der Waals surface area contributed by atoms with Crippen molar-refractivity contribution in [3.05, 3.63) is 125 Å². The van der Waals surface area contributed by atoms with Crippen molar-refractivity contribution in [2.45, 2.75) is 20.3 Å². The Balaban J connectivity index is 1.38. The molecular formula is C29H26. The molecule has 0 aliphatic carbocycles. The minimum Gasteiger partial charge on any atom is -0.0795 e. The SMILES string of the molecule is Cc1ccc(-c2ccc(C=CCc3ccc(-c4ccc(C)cc4)cc3)cc2)cc1. The van der Waals surface area contributed by atoms with Gasteiger partial charge < -0.3 is 0 Å². The van der Waals surface area contributed by atoms with Gasteiger partial charge in [-0.05, 0) is 53.6 Å². The maximum absolute atomic E-state index is 2.24. The zero-order valence-electron chi connectivity index (χ0n) is 17.1. The number of hydrogen-bond acceptors (Lipinski definition) is 0. The van der Waals surface area contributed by atoms with Crippen LogP contribution in [0.5, 0.6) is 0 Å². The summed E-state index contributed by atoms with van der Waals surface area (Å²) in [6.45, 7) is 4.24. The molecule has 0 fully saturated rings. The lowest BCUT2D eigenvalue weighted by molar-refractivity contribution is 1.28. The molecule has 0 nitrogen and oxygen atoms in total. The monoisotopic (exact) mass is 374 g/mol. The van der Waals surface area contributed by atoms with E-state index in [1.165, 1.54) is 44.5 Å². The smallest absolute Gasteiger partial charge is 0.00941 e. The van der Waals surface area contributed by atoms with Crippen molar-refractivity contribution in [3.8, 4) is 22.3 Å². The Bertz CT molecular complexity index is 1080. The summed E-state index contributed by atoms with van der Waals surface area (Å²) in [7, 11) is 0. The molecule has 0 unspecified atom stereocenters. The Morgan fingerprint density at radius 2 is 0.862 bits per heavy atom. The van der Waals surface area contributed by atoms with E-state index in [0.717, 1.165) is 6.42 Å². The van der Waals surface area contributed by atoms with Crippen molar-refractivity contribution in [1.29, 1.82) is 0 Å². The second-order valence-electron chi connectivity index (χ2n) is 7.66. The second-order valence-corrected chi connectivity index (χ2v) is 7.66. The predicted octanol–water partition coefficient (Wildman–Crippen LogP) is 7.89. The summed E-state index contributed by atoms with van der Waals surface area (Å²) in [6, 6.07) is 35.0. The maximum atomic E-state index is 2.24. The average Bonchev–Trinajstić information content (AvgIpc) is 2.76. The van der Waals surface area contributed by atoms with E-state index in [1.807, 2.05) is 0 Å². The van der Waals surface area contributed by atoms with Crippen LogP contribution in [0.25, 0.3) is 28.3 Å². The largest absolute Gasteiger partial charge is 0.0795 e. The molecular weight excluding hydrogens is 348 g/mol. The molecule has 0 saturated carbocycles. The Labute approximate surface area is 174 Å². The lowest BCUT2D eigenvalue weighted by Gasteiger charge is -2.04. The molecule has 0 N–H and O–H groups in total. The fourth-order valence-electron chi connectivity index (χ4n) is 3.44. The van der Waals surface area contributed by atoms with Crippen molar-refractivity contribution in [3.63, 3.8) is 0 Å². The van der Waals surface area contributed by atoms with E-state index in [0.29, 0.717) is 0 Å². The molecule has 4 rings (SSSR count). The number of rotatable bonds is 5. The second kappa shape index (κ2) is 8.75. The van der Waals surface area contributed by atoms with E-state index >= 15 is 0 Å². The zero-order chi connectivity index (χ0) is 20.1. The first kappa shape index (κ1) is 19.0. The van der Waals surface area contributed by atoms with Crippen LogP contribution in [-0.4, -0.2) is 0 Å². The van der Waals surface area contributed by atoms with Crippen LogP contribution in [-0.2, 0) is 6.42 Å². The third kappa shape index (κ3) is 4.92. The van der Waals surface area contributed by atoms with Gasteiger partial charge in [-0.25, -0.2) is 0 Å². The fraction of sp³-hybridized carbons (Fsp3) is 0.103. The number of benzene rings is 4. The first-order valence-corrected chi connectivity index (χ1v) is 10.2. The van der Waals surface area contributed by atoms with Crippen LogP contribution in [0.1, 0.15) is 22.3 Å². The van der Waals surface area contributed by atoms with E-state index < -0.39 is 0 Å². The molecule has 0 saturated heterocycles. The molecule has 0 aromatic heterocycles. The van der Waals surface area contributed by atoms with Crippen molar-refractivity contribution < 1.29 is 0 Å². The van der Waals surface area contributed by atoms with Gasteiger partial charge in [0.05, 0.1) is 0 Å². The molecule has 0 radical (unpaired) electrons. The molecule has 0 spiro atoms. The molecule has 0 aliphatic heterocycles. The molecule has 0 amide bonds. The summed E-state index contributed by atoms with van der Waals surface area (Å²) < 4.78 is 0. The van der Waals surface area contributed by atoms with Crippen LogP contribution >= 0.6 is 0 Å². The Morgan fingerprint density at radius 1 is 0.483 bits per heavy atom. The molecule has 4 aromatic carbocycles. The highest BCUT2D eigenvalue weighted by Crippen LogP contribution is 2.22. The first-order chi connectivity index (χ1) is 14.2. The highest BCUT2D eigenvalue weighted by Gasteiger charge is 1.99. The average molecular weight is 375 g/mol. The third-order valence-electron chi connectivity index (χ3n) is 5.30. The molecule has 0 aliphatic rings. The van der Waals surface area contributed by atoms with Gasteiger partial charge in [0, 0.05) is 0 Å². The van der Waals surface area contributed by atoms with Gasteiger partial charge in [-0.15, -0.1) is 0 Å². The predicted molar refractivity (Wildman–Crippen MR) is 126 cm³/mol. The molecule has 142 valence electrons. The summed E-state index contributed by atoms with van der Waals surface area (Å²) in [5.41, 5.74) is 10.2. The number of hydrogen-bond donors (Lipinski definition) is 0. The van der Waals surface area contributed by atoms with Gasteiger partial charge in [-0.2, -0.15) is 0 Å². The van der Waals surface area contributed by atoms with E-state index in [9.17, 15) is 0 Å². The standard InChI is InChI=1S/C29H26/c1-22-6-14-26(15-7-22)28-18-10-24(11-19-28)4-3-5-25-12-20-29(21-13-25)27-16-8-23(2)9-17-27/h3-4,6-21H,5H2,1-2H3. The van der Waals surface area contributed by atoms with Gasteiger partial charge in [-0.3, -0.25) is 0 Å². The van der Waals surface area contributed by atoms with Crippen molar-refractivity contribution in [1.82, 2.24) is 0 Å². The normalized spacial score (nSPS) is 11.1. The van der Waals surface area contributed by atoms with E-state index in [4.69, 9.17) is 0 Å². The quantitative estimate of drug-likeness (QED) is 0.333. The molecule has 0 bridgehead atoms. The lowest BCUT2D eigenvalue weighted by atomic mass is 10.0. The van der Waals surface area contributed by atoms with Crippen molar-refractivity contribution >= 4 is 6.08 Å². The molecule has 0 atom stereocenters. The third-order valence-corrected chi connectivity index (χ3v) is 5.30. The van der Waals surface area contributed by atoms with Crippen molar-refractivity contribution in [2.24, 2.45) is 0 Å². The summed E-state index contributed by atoms with van der Waals surface area (Å²) in [6.07, 6.45) is 5.38. The minimum atomic E-state index is 0.938. The van der Waals surface area contributed by atoms with E-state index in [1.54, 1.807) is 0 Å². The maximum Gasteiger partial charge on any atom is -0.00941 e. The van der Waals surface area contributed by atoms with Crippen molar-refractivity contribution in [2.75, 3.05) is 0 Å². The highest BCUT2D eigenvalue weighted by molar-refractivity contribution is 5.66. The Morgan fingerprint density at radius 3 is 1.31 bits per heavy atom. The summed E-state index contributed by atoms with van der Waals surface area (Å²) in [5, 5.41) is 0. The van der Waals surface area contributed by atoms with Crippen LogP contribution < -0.4 is 0 Å². The van der Waals surface area contributed by atoms with Gasteiger partial charge in [0.15, 0.2) is 0 Å². The van der Waals surface area contributed by atoms with Crippen LogP contribution in [0, 0.1) is 13.8 Å². The summed E-state index contributed by atoms with van der Waals surface area (Å²) in [5.74, 6) is 0. The molecule has 0 heterocycles. The van der Waals surface area contributed by atoms with Crippen LogP contribution in [0.2, 0.25) is 0 Å². The van der Waals surface area contributed by atoms with E-state index in [-0.39, 0.29) is 0 Å². The number of aryl methyl sites for hydroxylation is 2. The fourth-order valence-corrected chi connectivity index (χ4v) is 3.44.